The van der Waals surface area contributed by atoms with Crippen molar-refractivity contribution in [3.05, 3.63) is 62.0 Å². The lowest BCUT2D eigenvalue weighted by molar-refractivity contribution is -0.122. The van der Waals surface area contributed by atoms with E-state index in [4.69, 9.17) is 0 Å². The number of halogens is 1. The third-order valence-electron chi connectivity index (χ3n) is 3.81. The van der Waals surface area contributed by atoms with Gasteiger partial charge in [0, 0.05) is 10.5 Å². The van der Waals surface area contributed by atoms with Gasteiger partial charge in [0.15, 0.2) is 0 Å². The summed E-state index contributed by atoms with van der Waals surface area (Å²) >= 11 is 3.46. The van der Waals surface area contributed by atoms with Crippen LogP contribution in [0.1, 0.15) is 29.3 Å². The number of fused-ring (bicyclic) bond motifs is 1. The zero-order valence-electron chi connectivity index (χ0n) is 12.2. The fraction of sp³-hybridized carbons (Fsp3) is 0.312. The lowest BCUT2D eigenvalue weighted by Crippen LogP contribution is -2.35. The van der Waals surface area contributed by atoms with E-state index in [0.717, 1.165) is 22.9 Å². The summed E-state index contributed by atoms with van der Waals surface area (Å²) in [5.41, 5.74) is 2.85. The first kappa shape index (κ1) is 15.0. The monoisotopic (exact) mass is 361 g/mol. The topological polar surface area (TPSA) is 64.0 Å². The first-order valence-electron chi connectivity index (χ1n) is 7.15. The number of rotatable bonds is 3. The summed E-state index contributed by atoms with van der Waals surface area (Å²) in [6.07, 6.45) is 1.83. The summed E-state index contributed by atoms with van der Waals surface area (Å²) in [4.78, 5) is 23.9. The van der Waals surface area contributed by atoms with Gasteiger partial charge in [0.25, 0.3) is 5.56 Å². The maximum atomic E-state index is 12.2. The smallest absolute Gasteiger partial charge is 0.267 e. The Kier molecular flexibility index (Phi) is 4.11. The number of hydrogen-bond acceptors (Lipinski definition) is 3. The molecule has 0 radical (unpaired) electrons. The van der Waals surface area contributed by atoms with Gasteiger partial charge in [0.2, 0.25) is 5.91 Å². The van der Waals surface area contributed by atoms with Crippen molar-refractivity contribution < 1.29 is 4.79 Å². The average Bonchev–Trinajstić information content (AvgIpc) is 2.85. The number of nitrogens with zero attached hydrogens (tertiary/aromatic N) is 2. The molecule has 1 heterocycles. The van der Waals surface area contributed by atoms with Crippen LogP contribution >= 0.6 is 15.9 Å². The molecule has 1 unspecified atom stereocenters. The molecular formula is C16H16BrN3O2. The minimum absolute atomic E-state index is 0.0103. The Labute approximate surface area is 136 Å². The summed E-state index contributed by atoms with van der Waals surface area (Å²) in [6, 6.07) is 9.19. The zero-order valence-corrected chi connectivity index (χ0v) is 13.8. The van der Waals surface area contributed by atoms with Crippen molar-refractivity contribution in [1.82, 2.24) is 15.1 Å². The van der Waals surface area contributed by atoms with Crippen molar-refractivity contribution in [2.75, 3.05) is 0 Å². The molecule has 0 saturated carbocycles. The van der Waals surface area contributed by atoms with Crippen molar-refractivity contribution in [3.8, 4) is 0 Å². The number of hydrogen-bond donors (Lipinski definition) is 1. The van der Waals surface area contributed by atoms with Gasteiger partial charge < -0.3 is 5.32 Å². The van der Waals surface area contributed by atoms with Gasteiger partial charge in [-0.25, -0.2) is 4.68 Å². The quantitative estimate of drug-likeness (QED) is 0.910. The predicted octanol–water partition coefficient (Wildman–Crippen LogP) is 2.12. The van der Waals surface area contributed by atoms with Crippen LogP contribution in [0.5, 0.6) is 0 Å². The van der Waals surface area contributed by atoms with E-state index in [-0.39, 0.29) is 24.1 Å². The van der Waals surface area contributed by atoms with Gasteiger partial charge in [-0.3, -0.25) is 9.59 Å². The molecule has 1 aromatic heterocycles. The maximum Gasteiger partial charge on any atom is 0.267 e. The van der Waals surface area contributed by atoms with Gasteiger partial charge in [-0.1, -0.05) is 22.0 Å². The van der Waals surface area contributed by atoms with Gasteiger partial charge in [-0.2, -0.15) is 5.10 Å². The number of carbonyl (C=O) groups is 1. The molecule has 1 aromatic carbocycles. The molecule has 1 N–H and O–H groups in total. The average molecular weight is 362 g/mol. The second kappa shape index (κ2) is 6.04. The molecular weight excluding hydrogens is 346 g/mol. The van der Waals surface area contributed by atoms with Crippen LogP contribution < -0.4 is 10.9 Å². The van der Waals surface area contributed by atoms with Gasteiger partial charge in [0.1, 0.15) is 6.54 Å². The summed E-state index contributed by atoms with van der Waals surface area (Å²) in [5, 5.41) is 7.08. The molecule has 0 bridgehead atoms. The Morgan fingerprint density at radius 1 is 1.41 bits per heavy atom. The summed E-state index contributed by atoms with van der Waals surface area (Å²) in [6.45, 7) is 1.74. The lowest BCUT2D eigenvalue weighted by Gasteiger charge is -2.14. The Morgan fingerprint density at radius 2 is 2.23 bits per heavy atom. The highest BCUT2D eigenvalue weighted by Gasteiger charge is 2.24. The first-order chi connectivity index (χ1) is 10.5. The Morgan fingerprint density at radius 3 is 3.05 bits per heavy atom. The number of aromatic nitrogens is 2. The third kappa shape index (κ3) is 3.11. The second-order valence-corrected chi connectivity index (χ2v) is 6.39. The Bertz CT molecular complexity index is 785. The van der Waals surface area contributed by atoms with Gasteiger partial charge in [0.05, 0.1) is 11.7 Å². The van der Waals surface area contributed by atoms with E-state index in [9.17, 15) is 9.59 Å². The molecule has 0 fully saturated rings. The van der Waals surface area contributed by atoms with Crippen LogP contribution in [0.2, 0.25) is 0 Å². The highest BCUT2D eigenvalue weighted by molar-refractivity contribution is 9.10. The number of carbonyl (C=O) groups excluding carboxylic acids is 1. The molecule has 1 amide bonds. The molecule has 2 aromatic rings. The maximum absolute atomic E-state index is 12.2. The predicted molar refractivity (Wildman–Crippen MR) is 86.6 cm³/mol. The highest BCUT2D eigenvalue weighted by atomic mass is 79.9. The molecule has 0 aliphatic heterocycles. The highest BCUT2D eigenvalue weighted by Crippen LogP contribution is 2.32. The van der Waals surface area contributed by atoms with Crippen molar-refractivity contribution in [3.63, 3.8) is 0 Å². The second-order valence-electron chi connectivity index (χ2n) is 5.47. The van der Waals surface area contributed by atoms with E-state index >= 15 is 0 Å². The van der Waals surface area contributed by atoms with E-state index in [0.29, 0.717) is 5.69 Å². The normalized spacial score (nSPS) is 16.4. The fourth-order valence-electron chi connectivity index (χ4n) is 2.78. The molecule has 1 atom stereocenters. The van der Waals surface area contributed by atoms with Gasteiger partial charge in [-0.15, -0.1) is 0 Å². The van der Waals surface area contributed by atoms with Crippen LogP contribution in [0.4, 0.5) is 0 Å². The molecule has 22 heavy (non-hydrogen) atoms. The summed E-state index contributed by atoms with van der Waals surface area (Å²) in [5.74, 6) is -0.194. The molecule has 1 aliphatic carbocycles. The molecule has 114 valence electrons. The van der Waals surface area contributed by atoms with Gasteiger partial charge >= 0.3 is 0 Å². The minimum Gasteiger partial charge on any atom is -0.348 e. The van der Waals surface area contributed by atoms with Crippen molar-refractivity contribution in [2.45, 2.75) is 32.4 Å². The third-order valence-corrected chi connectivity index (χ3v) is 4.30. The number of benzene rings is 1. The standard InChI is InChI=1S/C16H16BrN3O2/c1-10-2-7-16(22)20(19-10)9-15(21)18-14-6-3-11-8-12(17)4-5-13(11)14/h2,4-5,7-8,14H,3,6,9H2,1H3,(H,18,21). The van der Waals surface area contributed by atoms with Crippen LogP contribution in [0.25, 0.3) is 0 Å². The number of amides is 1. The molecule has 3 rings (SSSR count). The minimum atomic E-state index is -0.267. The van der Waals surface area contributed by atoms with Crippen LogP contribution in [0.15, 0.2) is 39.6 Å². The van der Waals surface area contributed by atoms with E-state index < -0.39 is 0 Å². The molecule has 6 heteroatoms. The lowest BCUT2D eigenvalue weighted by atomic mass is 10.1. The summed E-state index contributed by atoms with van der Waals surface area (Å²) in [7, 11) is 0. The SMILES string of the molecule is Cc1ccc(=O)n(CC(=O)NC2CCc3cc(Br)ccc32)n1. The van der Waals surface area contributed by atoms with Gasteiger partial charge in [-0.05, 0) is 49.1 Å². The van der Waals surface area contributed by atoms with E-state index in [1.807, 2.05) is 12.1 Å². The zero-order chi connectivity index (χ0) is 15.7. The largest absolute Gasteiger partial charge is 0.348 e. The van der Waals surface area contributed by atoms with Crippen molar-refractivity contribution in [2.24, 2.45) is 0 Å². The van der Waals surface area contributed by atoms with Crippen LogP contribution in [0, 0.1) is 6.92 Å². The number of aryl methyl sites for hydroxylation is 2. The first-order valence-corrected chi connectivity index (χ1v) is 7.95. The Hall–Kier alpha value is -1.95. The number of nitrogens with one attached hydrogen (secondary N) is 1. The van der Waals surface area contributed by atoms with Crippen LogP contribution in [0.3, 0.4) is 0 Å². The fourth-order valence-corrected chi connectivity index (χ4v) is 3.18. The van der Waals surface area contributed by atoms with Crippen LogP contribution in [-0.2, 0) is 17.8 Å². The summed E-state index contributed by atoms with van der Waals surface area (Å²) < 4.78 is 2.25. The van der Waals surface area contributed by atoms with Crippen molar-refractivity contribution in [1.29, 1.82) is 0 Å². The van der Waals surface area contributed by atoms with Crippen molar-refractivity contribution >= 4 is 21.8 Å². The molecule has 0 saturated heterocycles. The molecule has 5 nitrogen and oxygen atoms in total. The van der Waals surface area contributed by atoms with E-state index in [1.54, 1.807) is 13.0 Å². The van der Waals surface area contributed by atoms with E-state index in [2.05, 4.69) is 32.4 Å². The Balaban J connectivity index is 1.71. The van der Waals surface area contributed by atoms with Crippen LogP contribution in [-0.4, -0.2) is 15.7 Å². The molecule has 1 aliphatic rings. The van der Waals surface area contributed by atoms with E-state index in [1.165, 1.54) is 16.3 Å². The molecule has 0 spiro atoms.